The minimum Gasteiger partial charge on any atom is -0.433 e. The Morgan fingerprint density at radius 2 is 0.303 bits per heavy atom. The molecule has 142 heavy (non-hydrogen) atoms. The first kappa shape index (κ1) is 138. The van der Waals surface area contributed by atoms with Crippen molar-refractivity contribution in [3.63, 3.8) is 0 Å². The Bertz CT molecular complexity index is 2510. The van der Waals surface area contributed by atoms with Gasteiger partial charge < -0.3 is 71.5 Å². The molecule has 0 fully saturated rings. The molecule has 12 unspecified atom stereocenters. The normalized spacial score (nSPS) is 15.9. The van der Waals surface area contributed by atoms with Gasteiger partial charge in [0.1, 0.15) is 0 Å². The molecule has 0 aromatic rings. The number of ether oxygens (including phenoxy) is 12. The lowest BCUT2D eigenvalue weighted by molar-refractivity contribution is -0.243. The SMILES string of the molecule is CCCCCC(CC)(OCC(CC)CCCC)OC(=O)CCN(CCC(=O)OC(CC)(CCCCC)OCC(CC)CCCC)CCN(CCN(CCC(=O)OC(CC)(CCCCC)OCC(CC)CCCC)CCC(=O)OC(CC)(CCCCC)OCC(CC)CCCC)CCN(CCC(=O)OC(CC)(CCCCC)OCC(CC)CCCC)CCC(=O)OC(CC)(CCCCC)OCC(CC)CCCC. The molecular weight excluding hydrogens is 1790 g/mol. The van der Waals surface area contributed by atoms with Crippen LogP contribution in [0.3, 0.4) is 0 Å². The van der Waals surface area contributed by atoms with Gasteiger partial charge in [0.05, 0.1) is 78.2 Å². The van der Waals surface area contributed by atoms with E-state index in [1.807, 2.05) is 0 Å². The number of hydrogen-bond donors (Lipinski definition) is 0. The fraction of sp³-hybridized carbons (Fsp3) is 0.950. The third kappa shape index (κ3) is 64.2. The van der Waals surface area contributed by atoms with Gasteiger partial charge in [0, 0.05) is 156 Å². The average Bonchev–Trinajstić information content (AvgIpc) is 0.886. The molecule has 12 atom stereocenters. The third-order valence-corrected chi connectivity index (χ3v) is 30.7. The van der Waals surface area contributed by atoms with Crippen LogP contribution in [0.5, 0.6) is 0 Å². The van der Waals surface area contributed by atoms with Crippen LogP contribution < -0.4 is 0 Å². The van der Waals surface area contributed by atoms with Gasteiger partial charge in [-0.25, -0.2) is 0 Å². The fourth-order valence-electron chi connectivity index (χ4n) is 19.1. The van der Waals surface area contributed by atoms with Crippen LogP contribution in [0.4, 0.5) is 0 Å². The lowest BCUT2D eigenvalue weighted by Gasteiger charge is -2.36. The van der Waals surface area contributed by atoms with Crippen molar-refractivity contribution in [2.75, 3.05) is 118 Å². The van der Waals surface area contributed by atoms with Crippen LogP contribution in [0.15, 0.2) is 0 Å². The first-order valence-corrected chi connectivity index (χ1v) is 60.6. The summed E-state index contributed by atoms with van der Waals surface area (Å²) in [5.41, 5.74) is 0. The van der Waals surface area contributed by atoms with Gasteiger partial charge in [-0.05, 0) is 113 Å². The molecule has 0 saturated heterocycles. The minimum absolute atomic E-state index is 0.0279. The van der Waals surface area contributed by atoms with E-state index in [0.717, 1.165) is 270 Å². The van der Waals surface area contributed by atoms with E-state index in [1.165, 1.54) is 0 Å². The summed E-state index contributed by atoms with van der Waals surface area (Å²) in [6.07, 6.45) is 48.8. The molecular formula is C120H234N4O18. The lowest BCUT2D eigenvalue weighted by atomic mass is 9.99. The number of unbranched alkanes of at least 4 members (excludes halogenated alkanes) is 18. The molecule has 22 nitrogen and oxygen atoms in total. The van der Waals surface area contributed by atoms with E-state index < -0.39 is 34.7 Å². The molecule has 0 aliphatic rings. The summed E-state index contributed by atoms with van der Waals surface area (Å²) in [5.74, 6) is -6.83. The van der Waals surface area contributed by atoms with Crippen LogP contribution in [0, 0.1) is 35.5 Å². The molecule has 0 N–H and O–H groups in total. The highest BCUT2D eigenvalue weighted by molar-refractivity contribution is 5.72. The first-order chi connectivity index (χ1) is 68.6. The van der Waals surface area contributed by atoms with Gasteiger partial charge in [0.25, 0.3) is 0 Å². The van der Waals surface area contributed by atoms with Crippen molar-refractivity contribution in [2.24, 2.45) is 35.5 Å². The Morgan fingerprint density at radius 3 is 0.415 bits per heavy atom. The predicted octanol–water partition coefficient (Wildman–Crippen LogP) is 31.3. The van der Waals surface area contributed by atoms with E-state index in [4.69, 9.17) is 56.8 Å². The van der Waals surface area contributed by atoms with Gasteiger partial charge in [-0.15, -0.1) is 0 Å². The van der Waals surface area contributed by atoms with E-state index >= 15 is 28.8 Å². The molecule has 0 aromatic carbocycles. The zero-order valence-electron chi connectivity index (χ0n) is 97.8. The van der Waals surface area contributed by atoms with Crippen molar-refractivity contribution in [3.8, 4) is 0 Å². The fourth-order valence-corrected chi connectivity index (χ4v) is 19.1. The minimum atomic E-state index is -1.10. The monoisotopic (exact) mass is 2020 g/mol. The Labute approximate surface area is 876 Å². The van der Waals surface area contributed by atoms with Crippen molar-refractivity contribution < 1.29 is 85.6 Å². The van der Waals surface area contributed by atoms with E-state index in [9.17, 15) is 0 Å². The highest BCUT2D eigenvalue weighted by atomic mass is 16.7. The highest BCUT2D eigenvalue weighted by Gasteiger charge is 2.42. The van der Waals surface area contributed by atoms with Crippen molar-refractivity contribution in [1.29, 1.82) is 0 Å². The molecule has 0 bridgehead atoms. The van der Waals surface area contributed by atoms with Crippen molar-refractivity contribution in [2.45, 2.75) is 586 Å². The van der Waals surface area contributed by atoms with Gasteiger partial charge in [-0.1, -0.05) is 359 Å². The van der Waals surface area contributed by atoms with Gasteiger partial charge in [0.2, 0.25) is 34.7 Å². The summed E-state index contributed by atoms with van der Waals surface area (Å²) < 4.78 is 81.9. The first-order valence-electron chi connectivity index (χ1n) is 60.6. The zero-order valence-corrected chi connectivity index (χ0v) is 97.8. The smallest absolute Gasteiger partial charge is 0.309 e. The number of carbonyl (C=O) groups excluding carboxylic acids is 6. The van der Waals surface area contributed by atoms with Crippen LogP contribution in [-0.2, 0) is 85.6 Å². The molecule has 0 amide bonds. The van der Waals surface area contributed by atoms with Crippen LogP contribution in [-0.4, -0.2) is 208 Å². The number of rotatable bonds is 105. The summed E-state index contributed by atoms with van der Waals surface area (Å²) in [6, 6.07) is 0. The second-order valence-corrected chi connectivity index (χ2v) is 42.4. The van der Waals surface area contributed by atoms with Gasteiger partial charge >= 0.3 is 35.8 Å². The summed E-state index contributed by atoms with van der Waals surface area (Å²) in [7, 11) is 0. The third-order valence-electron chi connectivity index (χ3n) is 30.7. The second-order valence-electron chi connectivity index (χ2n) is 42.4. The molecule has 842 valence electrons. The zero-order chi connectivity index (χ0) is 106. The van der Waals surface area contributed by atoms with Crippen molar-refractivity contribution in [1.82, 2.24) is 19.6 Å². The average molecular weight is 2020 g/mol. The number of nitrogens with zero attached hydrogens (tertiary/aromatic N) is 4. The summed E-state index contributed by atoms with van der Waals surface area (Å²) in [6.45, 7) is 59.1. The molecule has 0 spiro atoms. The highest BCUT2D eigenvalue weighted by Crippen LogP contribution is 2.37. The van der Waals surface area contributed by atoms with Gasteiger partial charge in [0.15, 0.2) is 0 Å². The number of hydrogen-bond acceptors (Lipinski definition) is 22. The number of esters is 6. The molecule has 0 aliphatic heterocycles. The maximum absolute atomic E-state index is 15.1. The Morgan fingerprint density at radius 1 is 0.176 bits per heavy atom. The van der Waals surface area contributed by atoms with Crippen molar-refractivity contribution >= 4 is 35.8 Å². The molecule has 22 heteroatoms. The van der Waals surface area contributed by atoms with E-state index in [1.54, 1.807) is 0 Å². The molecule has 0 aromatic heterocycles. The topological polar surface area (TPSA) is 226 Å². The van der Waals surface area contributed by atoms with Gasteiger partial charge in [-0.2, -0.15) is 0 Å². The molecule has 0 radical (unpaired) electrons. The van der Waals surface area contributed by atoms with E-state index in [2.05, 4.69) is 186 Å². The quantitative estimate of drug-likeness (QED) is 0.0239. The van der Waals surface area contributed by atoms with E-state index in [-0.39, 0.29) is 114 Å². The van der Waals surface area contributed by atoms with Crippen LogP contribution in [0.2, 0.25) is 0 Å². The predicted molar refractivity (Wildman–Crippen MR) is 589 cm³/mol. The summed E-state index contributed by atoms with van der Waals surface area (Å²) in [5, 5.41) is 0. The van der Waals surface area contributed by atoms with Crippen molar-refractivity contribution in [3.05, 3.63) is 0 Å². The molecule has 0 aliphatic carbocycles. The van der Waals surface area contributed by atoms with Crippen LogP contribution >= 0.6 is 0 Å². The molecule has 0 saturated carbocycles. The largest absolute Gasteiger partial charge is 0.433 e. The maximum atomic E-state index is 15.1. The molecule has 0 rings (SSSR count). The molecule has 0 heterocycles. The standard InChI is InChI=1S/C120H234N4O18/c1-25-49-61-79-115(43-19,131-97-103(37-13)67-55-31-7)137-109(125)73-85-121(86-74-110(126)138-116(44-20,80-62-50-26-2)132-98-104(38-14)68-56-32-8)91-94-124(95-92-122(87-75-111(127)139-117(45-21,81-63-51-27-3)133-99-105(39-15)69-57-33-9)88-76-112(128)140-118(46-22,82-64-52-28-4)134-100-106(40-16)70-58-34-10)96-93-123(89-77-113(129)141-119(47-23,83-65-53-29-5)135-101-107(41-17)71-59-35-11)90-78-114(130)142-120(48-24,84-66-54-30-6)136-102-108(42-18)72-60-36-12/h103-108H,25-102H2,1-24H3. The Balaban J connectivity index is 9.56. The van der Waals surface area contributed by atoms with Crippen LogP contribution in [0.1, 0.15) is 551 Å². The van der Waals surface area contributed by atoms with E-state index in [0.29, 0.717) is 191 Å². The van der Waals surface area contributed by atoms with Crippen LogP contribution in [0.25, 0.3) is 0 Å². The summed E-state index contributed by atoms with van der Waals surface area (Å²) in [4.78, 5) is 99.6. The second kappa shape index (κ2) is 88.1. The lowest BCUT2D eigenvalue weighted by Crippen LogP contribution is -2.46. The Kier molecular flexibility index (Phi) is 85.8. The Hall–Kier alpha value is -3.58. The maximum Gasteiger partial charge on any atom is 0.309 e. The summed E-state index contributed by atoms with van der Waals surface area (Å²) >= 11 is 0. The van der Waals surface area contributed by atoms with Gasteiger partial charge in [-0.3, -0.25) is 33.7 Å². The number of carbonyl (C=O) groups is 6.